The van der Waals surface area contributed by atoms with Crippen molar-refractivity contribution in [1.29, 1.82) is 0 Å². The normalized spacial score (nSPS) is 22.4. The van der Waals surface area contributed by atoms with Gasteiger partial charge in [0.05, 0.1) is 11.2 Å². The molecule has 0 aromatic heterocycles. The maximum Gasteiger partial charge on any atom is 0.325 e. The molecule has 3 rings (SSSR count). The SMILES string of the molecule is CC(C)CN1C(N/N=C/c2c(F)cccc2Cl)=NC2C1C(=O)NC(=O)N2C. The van der Waals surface area contributed by atoms with Crippen molar-refractivity contribution in [3.05, 3.63) is 34.6 Å². The second kappa shape index (κ2) is 7.51. The van der Waals surface area contributed by atoms with Crippen LogP contribution >= 0.6 is 11.6 Å². The molecule has 2 aliphatic heterocycles. The molecule has 2 N–H and O–H groups in total. The molecule has 8 nitrogen and oxygen atoms in total. The summed E-state index contributed by atoms with van der Waals surface area (Å²) >= 11 is 5.98. The Labute approximate surface area is 161 Å². The Balaban J connectivity index is 1.84. The minimum atomic E-state index is -0.653. The molecule has 1 aromatic rings. The Morgan fingerprint density at radius 1 is 1.44 bits per heavy atom. The fraction of sp³-hybridized carbons (Fsp3) is 0.412. The number of hydrogen-bond acceptors (Lipinski definition) is 6. The lowest BCUT2D eigenvalue weighted by atomic mass is 10.1. The van der Waals surface area contributed by atoms with Crippen LogP contribution in [0.5, 0.6) is 0 Å². The van der Waals surface area contributed by atoms with Crippen LogP contribution in [0, 0.1) is 11.7 Å². The first-order valence-electron chi connectivity index (χ1n) is 8.44. The maximum absolute atomic E-state index is 13.8. The Hall–Kier alpha value is -2.68. The van der Waals surface area contributed by atoms with Crippen LogP contribution < -0.4 is 10.7 Å². The predicted molar refractivity (Wildman–Crippen MR) is 100.0 cm³/mol. The number of hydrazone groups is 1. The fourth-order valence-electron chi connectivity index (χ4n) is 3.00. The van der Waals surface area contributed by atoms with Gasteiger partial charge in [-0.25, -0.2) is 19.6 Å². The molecular weight excluding hydrogens is 375 g/mol. The molecule has 2 heterocycles. The third-order valence-electron chi connectivity index (χ3n) is 4.28. The van der Waals surface area contributed by atoms with Gasteiger partial charge in [-0.05, 0) is 18.1 Å². The van der Waals surface area contributed by atoms with Crippen LogP contribution in [0.25, 0.3) is 0 Å². The number of rotatable bonds is 4. The van der Waals surface area contributed by atoms with Crippen molar-refractivity contribution in [1.82, 2.24) is 20.5 Å². The van der Waals surface area contributed by atoms with Crippen LogP contribution in [0.15, 0.2) is 28.3 Å². The number of urea groups is 1. The van der Waals surface area contributed by atoms with Crippen LogP contribution in [-0.2, 0) is 4.79 Å². The summed E-state index contributed by atoms with van der Waals surface area (Å²) in [5.41, 5.74) is 2.90. The molecule has 10 heteroatoms. The number of carbonyl (C=O) groups excluding carboxylic acids is 2. The van der Waals surface area contributed by atoms with E-state index in [1.165, 1.54) is 23.2 Å². The second-order valence-corrected chi connectivity index (χ2v) is 7.18. The molecule has 0 aliphatic carbocycles. The average Bonchev–Trinajstić information content (AvgIpc) is 2.94. The fourth-order valence-corrected chi connectivity index (χ4v) is 3.21. The van der Waals surface area contributed by atoms with Gasteiger partial charge in [-0.2, -0.15) is 5.10 Å². The smallest absolute Gasteiger partial charge is 0.325 e. The summed E-state index contributed by atoms with van der Waals surface area (Å²) in [7, 11) is 1.57. The monoisotopic (exact) mass is 394 g/mol. The number of hydrogen-bond donors (Lipinski definition) is 2. The number of aliphatic imine (C=N–C) groups is 1. The van der Waals surface area contributed by atoms with Crippen molar-refractivity contribution in [3.63, 3.8) is 0 Å². The standard InChI is InChI=1S/C17H20ClFN6O2/c1-9(2)8-25-13-14(24(3)17(27)22-15(13)26)21-16(25)23-20-7-10-11(18)5-4-6-12(10)19/h4-7,9,13-14H,8H2,1-3H3,(H,21,23)(H,22,26,27)/b20-7+. The molecule has 2 atom stereocenters. The van der Waals surface area contributed by atoms with Gasteiger partial charge in [-0.15, -0.1) is 0 Å². The highest BCUT2D eigenvalue weighted by Gasteiger charge is 2.48. The molecule has 2 unspecified atom stereocenters. The lowest BCUT2D eigenvalue weighted by molar-refractivity contribution is -0.127. The molecule has 1 fully saturated rings. The van der Waals surface area contributed by atoms with Crippen LogP contribution in [0.2, 0.25) is 5.02 Å². The van der Waals surface area contributed by atoms with Gasteiger partial charge in [-0.3, -0.25) is 10.1 Å². The largest absolute Gasteiger partial charge is 0.325 e. The maximum atomic E-state index is 13.8. The third-order valence-corrected chi connectivity index (χ3v) is 4.61. The van der Waals surface area contributed by atoms with Crippen molar-refractivity contribution in [2.24, 2.45) is 16.0 Å². The number of nitrogens with zero attached hydrogens (tertiary/aromatic N) is 4. The van der Waals surface area contributed by atoms with E-state index in [1.807, 2.05) is 13.8 Å². The third kappa shape index (κ3) is 3.73. The van der Waals surface area contributed by atoms with E-state index in [4.69, 9.17) is 11.6 Å². The van der Waals surface area contributed by atoms with Crippen LogP contribution in [0.1, 0.15) is 19.4 Å². The summed E-state index contributed by atoms with van der Waals surface area (Å²) in [6.07, 6.45) is 0.602. The lowest BCUT2D eigenvalue weighted by Crippen LogP contribution is -2.64. The van der Waals surface area contributed by atoms with E-state index in [1.54, 1.807) is 18.0 Å². The minimum absolute atomic E-state index is 0.142. The average molecular weight is 395 g/mol. The van der Waals surface area contributed by atoms with Crippen LogP contribution in [0.4, 0.5) is 9.18 Å². The van der Waals surface area contributed by atoms with Gasteiger partial charge in [0.15, 0.2) is 12.2 Å². The Kier molecular flexibility index (Phi) is 5.31. The Morgan fingerprint density at radius 3 is 2.85 bits per heavy atom. The highest BCUT2D eigenvalue weighted by atomic mass is 35.5. The van der Waals surface area contributed by atoms with Gasteiger partial charge >= 0.3 is 6.03 Å². The molecule has 2 aliphatic rings. The number of guanidine groups is 1. The predicted octanol–water partition coefficient (Wildman–Crippen LogP) is 1.61. The zero-order chi connectivity index (χ0) is 19.7. The number of carbonyl (C=O) groups is 2. The zero-order valence-corrected chi connectivity index (χ0v) is 15.9. The van der Waals surface area contributed by atoms with Crippen LogP contribution in [-0.4, -0.2) is 59.7 Å². The molecule has 0 saturated carbocycles. The quantitative estimate of drug-likeness (QED) is 0.599. The Bertz CT molecular complexity index is 807. The summed E-state index contributed by atoms with van der Waals surface area (Å²) < 4.78 is 13.8. The van der Waals surface area contributed by atoms with E-state index in [2.05, 4.69) is 20.8 Å². The first-order valence-corrected chi connectivity index (χ1v) is 8.82. The first-order chi connectivity index (χ1) is 12.8. The van der Waals surface area contributed by atoms with Crippen molar-refractivity contribution >= 4 is 35.7 Å². The van der Waals surface area contributed by atoms with Crippen molar-refractivity contribution in [3.8, 4) is 0 Å². The van der Waals surface area contributed by atoms with Gasteiger partial charge in [0, 0.05) is 19.2 Å². The van der Waals surface area contributed by atoms with E-state index in [-0.39, 0.29) is 16.5 Å². The molecule has 0 radical (unpaired) electrons. The summed E-state index contributed by atoms with van der Waals surface area (Å²) in [6, 6.07) is 3.19. The van der Waals surface area contributed by atoms with E-state index in [0.717, 1.165) is 0 Å². The van der Waals surface area contributed by atoms with Crippen molar-refractivity contribution in [2.75, 3.05) is 13.6 Å². The van der Waals surface area contributed by atoms with Gasteiger partial charge in [0.1, 0.15) is 5.82 Å². The minimum Gasteiger partial charge on any atom is -0.325 e. The van der Waals surface area contributed by atoms with E-state index in [0.29, 0.717) is 12.5 Å². The number of halogens is 2. The zero-order valence-electron chi connectivity index (χ0n) is 15.1. The van der Waals surface area contributed by atoms with Crippen LogP contribution in [0.3, 0.4) is 0 Å². The summed E-state index contributed by atoms with van der Waals surface area (Å²) in [4.78, 5) is 31.8. The molecular formula is C17H20ClFN6O2. The van der Waals surface area contributed by atoms with Gasteiger partial charge in [-0.1, -0.05) is 31.5 Å². The molecule has 3 amide bonds. The molecule has 0 bridgehead atoms. The van der Waals surface area contributed by atoms with E-state index >= 15 is 0 Å². The molecule has 144 valence electrons. The molecule has 1 saturated heterocycles. The number of likely N-dealkylation sites (N-methyl/N-ethyl adjacent to an activating group) is 1. The summed E-state index contributed by atoms with van der Waals surface area (Å²) in [5.74, 6) is -0.347. The number of imide groups is 1. The number of amides is 3. The number of benzene rings is 1. The molecule has 0 spiro atoms. The van der Waals surface area contributed by atoms with Crippen molar-refractivity contribution in [2.45, 2.75) is 26.1 Å². The highest BCUT2D eigenvalue weighted by molar-refractivity contribution is 6.33. The lowest BCUT2D eigenvalue weighted by Gasteiger charge is -2.36. The van der Waals surface area contributed by atoms with Gasteiger partial charge < -0.3 is 9.80 Å². The number of fused-ring (bicyclic) bond motifs is 1. The molecule has 27 heavy (non-hydrogen) atoms. The van der Waals surface area contributed by atoms with Gasteiger partial charge in [0.25, 0.3) is 5.91 Å². The second-order valence-electron chi connectivity index (χ2n) is 6.77. The van der Waals surface area contributed by atoms with E-state index in [9.17, 15) is 14.0 Å². The Morgan fingerprint density at radius 2 is 2.19 bits per heavy atom. The van der Waals surface area contributed by atoms with E-state index < -0.39 is 30.0 Å². The van der Waals surface area contributed by atoms with Gasteiger partial charge in [0.2, 0.25) is 5.96 Å². The van der Waals surface area contributed by atoms with Crippen molar-refractivity contribution < 1.29 is 14.0 Å². The molecule has 1 aromatic carbocycles. The summed E-state index contributed by atoms with van der Waals surface area (Å²) in [6.45, 7) is 4.53. The topological polar surface area (TPSA) is 89.4 Å². The summed E-state index contributed by atoms with van der Waals surface area (Å²) in [5, 5.41) is 6.57. The number of nitrogens with one attached hydrogen (secondary N) is 2. The highest BCUT2D eigenvalue weighted by Crippen LogP contribution is 2.24. The first kappa shape index (κ1) is 19.1.